The number of hydrogen-bond donors (Lipinski definition) is 0. The van der Waals surface area contributed by atoms with Crippen LogP contribution in [0.25, 0.3) is 22.3 Å². The van der Waals surface area contributed by atoms with E-state index >= 15 is 4.39 Å². The SMILES string of the molecule is C=C(C)C(=O)OCCCc1cc(-c2ccc(-c3ccc([C]4CCC(CCCCC)CC4)cc3)cc2F)c(CC)cc1OCC(COC(=O)C(=C)C)(COC(=O)C(=O)OCC)COC(=O)C(=O)OCC. The molecule has 1 fully saturated rings. The van der Waals surface area contributed by atoms with E-state index in [9.17, 15) is 28.8 Å². The molecule has 0 aromatic heterocycles. The number of halogens is 1. The Bertz CT molecular complexity index is 2240. The lowest BCUT2D eigenvalue weighted by Crippen LogP contribution is -2.45. The van der Waals surface area contributed by atoms with Crippen molar-refractivity contribution in [2.24, 2.45) is 11.3 Å². The van der Waals surface area contributed by atoms with Crippen molar-refractivity contribution in [3.63, 3.8) is 0 Å². The molecule has 0 spiro atoms. The molecule has 14 heteroatoms. The van der Waals surface area contributed by atoms with Gasteiger partial charge in [-0.3, -0.25) is 0 Å². The molecule has 0 atom stereocenters. The van der Waals surface area contributed by atoms with E-state index in [1.807, 2.05) is 25.1 Å². The number of esters is 6. The van der Waals surface area contributed by atoms with E-state index < -0.39 is 73.5 Å². The van der Waals surface area contributed by atoms with E-state index in [0.29, 0.717) is 35.1 Å². The van der Waals surface area contributed by atoms with Crippen LogP contribution in [-0.4, -0.2) is 82.1 Å². The fourth-order valence-corrected chi connectivity index (χ4v) is 7.95. The van der Waals surface area contributed by atoms with Gasteiger partial charge in [0.25, 0.3) is 0 Å². The first kappa shape index (κ1) is 55.3. The van der Waals surface area contributed by atoms with E-state index in [-0.39, 0.29) is 43.1 Å². The van der Waals surface area contributed by atoms with Gasteiger partial charge in [0.1, 0.15) is 43.4 Å². The van der Waals surface area contributed by atoms with E-state index in [1.165, 1.54) is 83.8 Å². The summed E-state index contributed by atoms with van der Waals surface area (Å²) in [4.78, 5) is 74.9. The van der Waals surface area contributed by atoms with Gasteiger partial charge in [-0.2, -0.15) is 0 Å². The van der Waals surface area contributed by atoms with E-state index in [2.05, 4.69) is 32.2 Å². The highest BCUT2D eigenvalue weighted by Crippen LogP contribution is 2.39. The average Bonchev–Trinajstić information content (AvgIpc) is 3.34. The van der Waals surface area contributed by atoms with Gasteiger partial charge in [-0.15, -0.1) is 0 Å². The monoisotopic (exact) mass is 955 g/mol. The van der Waals surface area contributed by atoms with Gasteiger partial charge >= 0.3 is 35.8 Å². The molecule has 69 heavy (non-hydrogen) atoms. The highest BCUT2D eigenvalue weighted by Gasteiger charge is 2.39. The van der Waals surface area contributed by atoms with Gasteiger partial charge < -0.3 is 33.2 Å². The van der Waals surface area contributed by atoms with Gasteiger partial charge in [0, 0.05) is 22.6 Å². The van der Waals surface area contributed by atoms with Crippen LogP contribution in [0.1, 0.15) is 116 Å². The molecule has 0 saturated heterocycles. The molecule has 3 aromatic rings. The average molecular weight is 956 g/mol. The fourth-order valence-electron chi connectivity index (χ4n) is 7.95. The molecule has 0 unspecified atom stereocenters. The summed E-state index contributed by atoms with van der Waals surface area (Å²) in [6, 6.07) is 17.0. The van der Waals surface area contributed by atoms with Crippen molar-refractivity contribution >= 4 is 35.8 Å². The summed E-state index contributed by atoms with van der Waals surface area (Å²) in [5.74, 6) is -4.67. The quantitative estimate of drug-likeness (QED) is 0.0259. The Balaban J connectivity index is 1.69. The molecule has 0 aliphatic heterocycles. The second-order valence-corrected chi connectivity index (χ2v) is 17.5. The molecule has 0 amide bonds. The number of ether oxygens (including phenoxy) is 7. The lowest BCUT2D eigenvalue weighted by atomic mass is 9.77. The summed E-state index contributed by atoms with van der Waals surface area (Å²) >= 11 is 0. The third-order valence-corrected chi connectivity index (χ3v) is 11.9. The van der Waals surface area contributed by atoms with Crippen molar-refractivity contribution < 1.29 is 66.3 Å². The van der Waals surface area contributed by atoms with Gasteiger partial charge in [0.05, 0.1) is 19.8 Å². The Kier molecular flexibility index (Phi) is 22.1. The predicted molar refractivity (Wildman–Crippen MR) is 258 cm³/mol. The smallest absolute Gasteiger partial charge is 0.417 e. The summed E-state index contributed by atoms with van der Waals surface area (Å²) in [5, 5.41) is 0. The number of rotatable bonds is 25. The Morgan fingerprint density at radius 3 is 1.67 bits per heavy atom. The lowest BCUT2D eigenvalue weighted by Gasteiger charge is -2.32. The molecule has 3 aromatic carbocycles. The highest BCUT2D eigenvalue weighted by atomic mass is 19.1. The van der Waals surface area contributed by atoms with Crippen LogP contribution in [-0.2, 0) is 70.0 Å². The number of carbonyl (C=O) groups excluding carboxylic acids is 6. The Labute approximate surface area is 406 Å². The first-order valence-corrected chi connectivity index (χ1v) is 23.9. The first-order valence-electron chi connectivity index (χ1n) is 23.9. The minimum absolute atomic E-state index is 0.0189. The summed E-state index contributed by atoms with van der Waals surface area (Å²) in [5.41, 5.74) is 3.53. The van der Waals surface area contributed by atoms with Crippen LogP contribution in [0, 0.1) is 23.1 Å². The zero-order valence-electron chi connectivity index (χ0n) is 41.1. The van der Waals surface area contributed by atoms with Crippen LogP contribution >= 0.6 is 0 Å². The maximum atomic E-state index is 16.5. The van der Waals surface area contributed by atoms with Crippen molar-refractivity contribution in [2.45, 2.75) is 112 Å². The molecule has 1 aliphatic carbocycles. The Morgan fingerprint density at radius 1 is 0.594 bits per heavy atom. The van der Waals surface area contributed by atoms with Crippen LogP contribution in [0.4, 0.5) is 4.39 Å². The molecule has 1 radical (unpaired) electrons. The van der Waals surface area contributed by atoms with Gasteiger partial charge in [0.2, 0.25) is 0 Å². The van der Waals surface area contributed by atoms with Crippen LogP contribution in [0.5, 0.6) is 5.75 Å². The van der Waals surface area contributed by atoms with Gasteiger partial charge in [-0.1, -0.05) is 89.1 Å². The number of carbonyl (C=O) groups is 6. The summed E-state index contributed by atoms with van der Waals surface area (Å²) in [6.07, 6.45) is 10.8. The number of aryl methyl sites for hydroxylation is 2. The molecule has 0 N–H and O–H groups in total. The van der Waals surface area contributed by atoms with Crippen molar-refractivity contribution in [1.82, 2.24) is 0 Å². The standard InChI is InChI=1S/C55H68FO13/c1-9-13-14-16-38-18-20-40(21-19-38)41-22-24-42(25-23-41)43-26-27-45(47(56)30-43)46-29-44(17-15-28-65-49(57)36(5)6)48(31-39(46)10-2)66-32-55(33-67-50(58)37(7)8,34-68-53(61)51(59)63-11-3)35-69-54(62)52(60)64-12-4/h22-27,29-31,38H,5,7,9-21,28,32-35H2,1-4,6,8H3. The molecule has 1 aliphatic rings. The van der Waals surface area contributed by atoms with Gasteiger partial charge in [-0.05, 0) is 130 Å². The van der Waals surface area contributed by atoms with Gasteiger partial charge in [0.15, 0.2) is 0 Å². The molecular formula is C55H68FO13. The summed E-state index contributed by atoms with van der Waals surface area (Å²) < 4.78 is 54.0. The third-order valence-electron chi connectivity index (χ3n) is 11.9. The highest BCUT2D eigenvalue weighted by molar-refractivity contribution is 6.30. The van der Waals surface area contributed by atoms with Crippen molar-refractivity contribution in [1.29, 1.82) is 0 Å². The zero-order valence-corrected chi connectivity index (χ0v) is 41.1. The molecule has 0 heterocycles. The third kappa shape index (κ3) is 16.7. The lowest BCUT2D eigenvalue weighted by molar-refractivity contribution is -0.178. The molecule has 4 rings (SSSR count). The molecular weight excluding hydrogens is 888 g/mol. The normalized spacial score (nSPS) is 12.9. The minimum atomic E-state index is -1.75. The van der Waals surface area contributed by atoms with E-state index in [1.54, 1.807) is 18.2 Å². The van der Waals surface area contributed by atoms with Crippen molar-refractivity contribution in [3.05, 3.63) is 107 Å². The maximum absolute atomic E-state index is 16.5. The van der Waals surface area contributed by atoms with Crippen LogP contribution in [0.2, 0.25) is 0 Å². The number of hydrogen-bond acceptors (Lipinski definition) is 13. The summed E-state index contributed by atoms with van der Waals surface area (Å²) in [6.45, 7) is 14.5. The molecule has 13 nitrogen and oxygen atoms in total. The molecule has 1 saturated carbocycles. The Morgan fingerprint density at radius 2 is 1.13 bits per heavy atom. The van der Waals surface area contributed by atoms with Crippen LogP contribution in [0.3, 0.4) is 0 Å². The van der Waals surface area contributed by atoms with Crippen molar-refractivity contribution in [3.8, 4) is 28.0 Å². The fraction of sp³-hybridized carbons (Fsp3) is 0.473. The predicted octanol–water partition coefficient (Wildman–Crippen LogP) is 10.2. The molecule has 0 bridgehead atoms. The largest absolute Gasteiger partial charge is 0.492 e. The van der Waals surface area contributed by atoms with Crippen LogP contribution in [0.15, 0.2) is 78.9 Å². The number of unbranched alkanes of at least 4 members (excludes halogenated alkanes) is 2. The summed E-state index contributed by atoms with van der Waals surface area (Å²) in [7, 11) is 0. The maximum Gasteiger partial charge on any atom is 0.417 e. The van der Waals surface area contributed by atoms with E-state index in [4.69, 9.17) is 33.2 Å². The number of benzene rings is 3. The second-order valence-electron chi connectivity index (χ2n) is 17.5. The zero-order chi connectivity index (χ0) is 50.5. The van der Waals surface area contributed by atoms with Crippen LogP contribution < -0.4 is 4.74 Å². The second kappa shape index (κ2) is 27.6. The minimum Gasteiger partial charge on any atom is -0.492 e. The Hall–Kier alpha value is -6.31. The van der Waals surface area contributed by atoms with Gasteiger partial charge in [-0.25, -0.2) is 33.2 Å². The van der Waals surface area contributed by atoms with Crippen molar-refractivity contribution in [2.75, 3.05) is 46.2 Å². The van der Waals surface area contributed by atoms with E-state index in [0.717, 1.165) is 29.9 Å². The first-order chi connectivity index (χ1) is 33.0. The topological polar surface area (TPSA) is 167 Å². The molecule has 373 valence electrons.